The van der Waals surface area contributed by atoms with Crippen LogP contribution >= 0.6 is 24.6 Å². The quantitative estimate of drug-likeness (QED) is 0.655. The maximum absolute atomic E-state index is 5.41. The standard InChI is InChI=1S/C6H14N2S.ClH/c1-4-8(5(2)3)6(7)9;/h5H,4H2,1-3H3,(H2,7,9);1H. The van der Waals surface area contributed by atoms with Gasteiger partial charge in [0.15, 0.2) is 5.11 Å². The van der Waals surface area contributed by atoms with Gasteiger partial charge in [-0.2, -0.15) is 0 Å². The molecule has 0 saturated carbocycles. The first-order valence-corrected chi connectivity index (χ1v) is 3.56. The highest BCUT2D eigenvalue weighted by atomic mass is 35.5. The van der Waals surface area contributed by atoms with Gasteiger partial charge < -0.3 is 10.6 Å². The first-order chi connectivity index (χ1) is 4.09. The van der Waals surface area contributed by atoms with Crippen LogP contribution in [-0.2, 0) is 0 Å². The molecule has 0 amide bonds. The van der Waals surface area contributed by atoms with E-state index in [0.29, 0.717) is 11.2 Å². The molecular formula is C6H15ClN2S. The van der Waals surface area contributed by atoms with Gasteiger partial charge in [-0.15, -0.1) is 12.4 Å². The number of nitrogens with two attached hydrogens (primary N) is 1. The Balaban J connectivity index is 0. The van der Waals surface area contributed by atoms with Gasteiger partial charge in [0.1, 0.15) is 0 Å². The van der Waals surface area contributed by atoms with Crippen LogP contribution in [0.5, 0.6) is 0 Å². The number of hydrogen-bond donors (Lipinski definition) is 1. The van der Waals surface area contributed by atoms with Crippen LogP contribution in [0.25, 0.3) is 0 Å². The molecule has 0 atom stereocenters. The van der Waals surface area contributed by atoms with Crippen molar-refractivity contribution in [3.63, 3.8) is 0 Å². The van der Waals surface area contributed by atoms with Crippen LogP contribution in [-0.4, -0.2) is 22.6 Å². The second kappa shape index (κ2) is 5.74. The third kappa shape index (κ3) is 3.90. The first-order valence-electron chi connectivity index (χ1n) is 3.15. The highest BCUT2D eigenvalue weighted by Gasteiger charge is 2.05. The van der Waals surface area contributed by atoms with E-state index in [1.165, 1.54) is 0 Å². The Morgan fingerprint density at radius 3 is 2.00 bits per heavy atom. The lowest BCUT2D eigenvalue weighted by atomic mass is 10.3. The summed E-state index contributed by atoms with van der Waals surface area (Å²) in [6.45, 7) is 7.08. The highest BCUT2D eigenvalue weighted by molar-refractivity contribution is 7.80. The average molecular weight is 183 g/mol. The van der Waals surface area contributed by atoms with Crippen molar-refractivity contribution in [1.82, 2.24) is 4.90 Å². The monoisotopic (exact) mass is 182 g/mol. The third-order valence-corrected chi connectivity index (χ3v) is 1.48. The maximum atomic E-state index is 5.41. The number of rotatable bonds is 2. The molecular weight excluding hydrogens is 168 g/mol. The number of thiocarbonyl (C=S) groups is 1. The predicted octanol–water partition coefficient (Wildman–Crippen LogP) is 1.38. The van der Waals surface area contributed by atoms with E-state index in [2.05, 4.69) is 13.8 Å². The zero-order valence-electron chi connectivity index (χ0n) is 6.63. The van der Waals surface area contributed by atoms with Crippen LogP contribution in [0, 0.1) is 0 Å². The van der Waals surface area contributed by atoms with Crippen LogP contribution in [0.4, 0.5) is 0 Å². The molecule has 0 fully saturated rings. The van der Waals surface area contributed by atoms with Crippen LogP contribution in [0.2, 0.25) is 0 Å². The van der Waals surface area contributed by atoms with Gasteiger partial charge in [-0.3, -0.25) is 0 Å². The number of nitrogens with zero attached hydrogens (tertiary/aromatic N) is 1. The fraction of sp³-hybridized carbons (Fsp3) is 0.833. The fourth-order valence-corrected chi connectivity index (χ4v) is 1.12. The minimum Gasteiger partial charge on any atom is -0.376 e. The van der Waals surface area contributed by atoms with Gasteiger partial charge in [0.2, 0.25) is 0 Å². The van der Waals surface area contributed by atoms with Gasteiger partial charge >= 0.3 is 0 Å². The van der Waals surface area contributed by atoms with Crippen molar-refractivity contribution in [1.29, 1.82) is 0 Å². The number of hydrogen-bond acceptors (Lipinski definition) is 1. The van der Waals surface area contributed by atoms with Crippen molar-refractivity contribution in [2.75, 3.05) is 6.54 Å². The van der Waals surface area contributed by atoms with E-state index in [4.69, 9.17) is 18.0 Å². The first kappa shape index (κ1) is 12.6. The van der Waals surface area contributed by atoms with Gasteiger partial charge in [-0.25, -0.2) is 0 Å². The zero-order valence-corrected chi connectivity index (χ0v) is 8.26. The predicted molar refractivity (Wildman–Crippen MR) is 51.5 cm³/mol. The lowest BCUT2D eigenvalue weighted by Crippen LogP contribution is -2.40. The molecule has 0 spiro atoms. The Morgan fingerprint density at radius 1 is 1.60 bits per heavy atom. The van der Waals surface area contributed by atoms with E-state index >= 15 is 0 Å². The molecule has 0 aliphatic rings. The normalized spacial score (nSPS) is 8.80. The molecule has 0 unspecified atom stereocenters. The average Bonchev–Trinajstić information content (AvgIpc) is 1.64. The Labute approximate surface area is 74.2 Å². The summed E-state index contributed by atoms with van der Waals surface area (Å²) in [6, 6.07) is 0.424. The summed E-state index contributed by atoms with van der Waals surface area (Å²) >= 11 is 4.80. The lowest BCUT2D eigenvalue weighted by molar-refractivity contribution is 0.369. The molecule has 0 bridgehead atoms. The van der Waals surface area contributed by atoms with Crippen LogP contribution in [0.15, 0.2) is 0 Å². The Hall–Kier alpha value is -0.0200. The van der Waals surface area contributed by atoms with Crippen molar-refractivity contribution < 1.29 is 0 Å². The third-order valence-electron chi connectivity index (χ3n) is 1.25. The van der Waals surface area contributed by atoms with Crippen molar-refractivity contribution >= 4 is 29.7 Å². The fourth-order valence-electron chi connectivity index (χ4n) is 0.775. The summed E-state index contributed by atoms with van der Waals surface area (Å²) in [7, 11) is 0. The molecule has 0 aliphatic heterocycles. The zero-order chi connectivity index (χ0) is 7.44. The summed E-state index contributed by atoms with van der Waals surface area (Å²) in [4.78, 5) is 1.97. The van der Waals surface area contributed by atoms with Crippen molar-refractivity contribution in [3.05, 3.63) is 0 Å². The van der Waals surface area contributed by atoms with E-state index in [1.807, 2.05) is 11.8 Å². The van der Waals surface area contributed by atoms with Gasteiger partial charge in [-0.1, -0.05) is 0 Å². The van der Waals surface area contributed by atoms with Crippen molar-refractivity contribution in [2.45, 2.75) is 26.8 Å². The summed E-state index contributed by atoms with van der Waals surface area (Å²) in [5, 5.41) is 0.493. The summed E-state index contributed by atoms with van der Waals surface area (Å²) in [5.41, 5.74) is 5.41. The van der Waals surface area contributed by atoms with E-state index in [1.54, 1.807) is 0 Å². The SMILES string of the molecule is CCN(C(N)=S)C(C)C.Cl. The van der Waals surface area contributed by atoms with E-state index in [0.717, 1.165) is 6.54 Å². The van der Waals surface area contributed by atoms with Crippen LogP contribution in [0.3, 0.4) is 0 Å². The Morgan fingerprint density at radius 2 is 2.00 bits per heavy atom. The molecule has 10 heavy (non-hydrogen) atoms. The van der Waals surface area contributed by atoms with E-state index in [9.17, 15) is 0 Å². The molecule has 2 nitrogen and oxygen atoms in total. The summed E-state index contributed by atoms with van der Waals surface area (Å²) < 4.78 is 0. The van der Waals surface area contributed by atoms with Gasteiger partial charge in [-0.05, 0) is 33.0 Å². The molecule has 0 aromatic heterocycles. The minimum atomic E-state index is 0. The molecule has 0 aromatic carbocycles. The lowest BCUT2D eigenvalue weighted by Gasteiger charge is -2.24. The second-order valence-electron chi connectivity index (χ2n) is 2.22. The molecule has 0 rings (SSSR count). The topological polar surface area (TPSA) is 29.3 Å². The maximum Gasteiger partial charge on any atom is 0.166 e. The van der Waals surface area contributed by atoms with E-state index < -0.39 is 0 Å². The van der Waals surface area contributed by atoms with Crippen LogP contribution in [0.1, 0.15) is 20.8 Å². The van der Waals surface area contributed by atoms with Crippen molar-refractivity contribution in [3.8, 4) is 0 Å². The van der Waals surface area contributed by atoms with Gasteiger partial charge in [0.25, 0.3) is 0 Å². The highest BCUT2D eigenvalue weighted by Crippen LogP contribution is 1.95. The summed E-state index contributed by atoms with van der Waals surface area (Å²) in [5.74, 6) is 0. The van der Waals surface area contributed by atoms with E-state index in [-0.39, 0.29) is 12.4 Å². The molecule has 0 aliphatic carbocycles. The van der Waals surface area contributed by atoms with Gasteiger partial charge in [0.05, 0.1) is 0 Å². The molecule has 0 aromatic rings. The summed E-state index contributed by atoms with van der Waals surface area (Å²) in [6.07, 6.45) is 0. The molecule has 4 heteroatoms. The Bertz CT molecular complexity index is 106. The second-order valence-corrected chi connectivity index (χ2v) is 2.64. The smallest absolute Gasteiger partial charge is 0.166 e. The van der Waals surface area contributed by atoms with Crippen LogP contribution < -0.4 is 5.73 Å². The van der Waals surface area contributed by atoms with Crippen molar-refractivity contribution in [2.24, 2.45) is 5.73 Å². The van der Waals surface area contributed by atoms with Gasteiger partial charge in [0, 0.05) is 12.6 Å². The largest absolute Gasteiger partial charge is 0.376 e. The minimum absolute atomic E-state index is 0. The number of halogens is 1. The molecule has 0 radical (unpaired) electrons. The molecule has 0 saturated heterocycles. The Kier molecular flexibility index (Phi) is 7.26. The molecule has 2 N–H and O–H groups in total. The molecule has 0 heterocycles. The molecule has 62 valence electrons.